The Hall–Kier alpha value is -1.90. The Kier molecular flexibility index (Phi) is 2.37. The minimum absolute atomic E-state index is 0.174. The second kappa shape index (κ2) is 3.69. The van der Waals surface area contributed by atoms with Gasteiger partial charge in [-0.1, -0.05) is 23.8 Å². The lowest BCUT2D eigenvalue weighted by Crippen LogP contribution is -2.06. The van der Waals surface area contributed by atoms with Gasteiger partial charge in [-0.05, 0) is 19.4 Å². The highest BCUT2D eigenvalue weighted by Crippen LogP contribution is 2.20. The third-order valence-corrected chi connectivity index (χ3v) is 2.33. The number of rotatable bonds is 1. The van der Waals surface area contributed by atoms with E-state index >= 15 is 0 Å². The van der Waals surface area contributed by atoms with Gasteiger partial charge in [-0.2, -0.15) is 0 Å². The fourth-order valence-corrected chi connectivity index (χ4v) is 1.63. The zero-order chi connectivity index (χ0) is 10.8. The molecule has 0 spiro atoms. The number of nitrogens with one attached hydrogen (secondary N) is 1. The third-order valence-electron chi connectivity index (χ3n) is 2.33. The number of aryl methyl sites for hydroxylation is 2. The lowest BCUT2D eigenvalue weighted by molar-refractivity contribution is 1.14. The summed E-state index contributed by atoms with van der Waals surface area (Å²) >= 11 is 0. The van der Waals surface area contributed by atoms with E-state index in [9.17, 15) is 4.79 Å². The van der Waals surface area contributed by atoms with E-state index in [2.05, 4.69) is 16.0 Å². The van der Waals surface area contributed by atoms with Crippen molar-refractivity contribution in [1.82, 2.24) is 9.97 Å². The number of hydrogen-bond donors (Lipinski definition) is 1. The van der Waals surface area contributed by atoms with Crippen LogP contribution in [0.2, 0.25) is 0 Å². The van der Waals surface area contributed by atoms with Crippen molar-refractivity contribution in [3.8, 4) is 11.3 Å². The molecule has 0 amide bonds. The molecule has 1 aromatic heterocycles. The van der Waals surface area contributed by atoms with Crippen LogP contribution < -0.4 is 5.56 Å². The van der Waals surface area contributed by atoms with Crippen LogP contribution in [0.3, 0.4) is 0 Å². The minimum Gasteiger partial charge on any atom is -0.319 e. The van der Waals surface area contributed by atoms with Gasteiger partial charge in [0.1, 0.15) is 0 Å². The van der Waals surface area contributed by atoms with Gasteiger partial charge >= 0.3 is 0 Å². The number of benzene rings is 1. The monoisotopic (exact) mass is 200 g/mol. The van der Waals surface area contributed by atoms with E-state index in [4.69, 9.17) is 0 Å². The average molecular weight is 200 g/mol. The molecule has 3 nitrogen and oxygen atoms in total. The van der Waals surface area contributed by atoms with Crippen molar-refractivity contribution in [3.05, 3.63) is 52.1 Å². The van der Waals surface area contributed by atoms with Crippen LogP contribution in [0.25, 0.3) is 11.3 Å². The molecule has 76 valence electrons. The van der Waals surface area contributed by atoms with Crippen LogP contribution in [-0.2, 0) is 0 Å². The molecule has 0 atom stereocenters. The molecule has 2 rings (SSSR count). The average Bonchev–Trinajstić information content (AvgIpc) is 2.17. The van der Waals surface area contributed by atoms with E-state index in [1.807, 2.05) is 26.0 Å². The summed E-state index contributed by atoms with van der Waals surface area (Å²) in [7, 11) is 0. The molecular formula is C12H12N2O. The molecule has 1 aromatic carbocycles. The standard InChI is InChI=1S/C12H12N2O/c1-8-3-4-10(9(2)5-8)11-6-13-7-12(15)14-11/h3-7H,1-2H3,(H,14,15). The maximum atomic E-state index is 11.1. The van der Waals surface area contributed by atoms with E-state index in [-0.39, 0.29) is 5.56 Å². The van der Waals surface area contributed by atoms with E-state index in [1.54, 1.807) is 6.20 Å². The molecule has 3 heteroatoms. The van der Waals surface area contributed by atoms with E-state index in [0.29, 0.717) is 0 Å². The van der Waals surface area contributed by atoms with Gasteiger partial charge < -0.3 is 4.98 Å². The van der Waals surface area contributed by atoms with Crippen LogP contribution in [0.5, 0.6) is 0 Å². The Bertz CT molecular complexity index is 543. The molecule has 2 aromatic rings. The first-order valence-corrected chi connectivity index (χ1v) is 4.79. The summed E-state index contributed by atoms with van der Waals surface area (Å²) in [4.78, 5) is 17.8. The summed E-state index contributed by atoms with van der Waals surface area (Å²) in [6.07, 6.45) is 2.94. The summed E-state index contributed by atoms with van der Waals surface area (Å²) in [5.74, 6) is 0. The fourth-order valence-electron chi connectivity index (χ4n) is 1.63. The Labute approximate surface area is 87.8 Å². The Balaban J connectivity index is 2.59. The molecular weight excluding hydrogens is 188 g/mol. The molecule has 0 saturated heterocycles. The summed E-state index contributed by atoms with van der Waals surface area (Å²) in [5, 5.41) is 0. The first-order valence-electron chi connectivity index (χ1n) is 4.79. The second-order valence-electron chi connectivity index (χ2n) is 3.63. The summed E-state index contributed by atoms with van der Waals surface area (Å²) in [5.41, 5.74) is 3.96. The van der Waals surface area contributed by atoms with Gasteiger partial charge in [0.25, 0.3) is 5.56 Å². The van der Waals surface area contributed by atoms with Crippen LogP contribution >= 0.6 is 0 Å². The van der Waals surface area contributed by atoms with Crippen molar-refractivity contribution in [2.45, 2.75) is 13.8 Å². The van der Waals surface area contributed by atoms with Crippen LogP contribution in [0.15, 0.2) is 35.4 Å². The Morgan fingerprint density at radius 3 is 2.67 bits per heavy atom. The Morgan fingerprint density at radius 2 is 2.00 bits per heavy atom. The predicted octanol–water partition coefficient (Wildman–Crippen LogP) is 2.05. The largest absolute Gasteiger partial charge is 0.319 e. The molecule has 0 saturated carbocycles. The second-order valence-corrected chi connectivity index (χ2v) is 3.63. The van der Waals surface area contributed by atoms with Gasteiger partial charge in [-0.3, -0.25) is 9.78 Å². The molecule has 0 fully saturated rings. The maximum Gasteiger partial charge on any atom is 0.266 e. The molecule has 0 aliphatic rings. The highest BCUT2D eigenvalue weighted by atomic mass is 16.1. The first kappa shape index (κ1) is 9.65. The van der Waals surface area contributed by atoms with Gasteiger partial charge in [0, 0.05) is 5.56 Å². The molecule has 0 aliphatic carbocycles. The number of nitrogens with zero attached hydrogens (tertiary/aromatic N) is 1. The number of aromatic amines is 1. The molecule has 1 heterocycles. The minimum atomic E-state index is -0.174. The van der Waals surface area contributed by atoms with Crippen LogP contribution in [0.1, 0.15) is 11.1 Å². The van der Waals surface area contributed by atoms with Crippen molar-refractivity contribution in [2.24, 2.45) is 0 Å². The van der Waals surface area contributed by atoms with Crippen molar-refractivity contribution >= 4 is 0 Å². The smallest absolute Gasteiger partial charge is 0.266 e. The number of aromatic nitrogens is 2. The first-order chi connectivity index (χ1) is 7.16. The molecule has 0 bridgehead atoms. The summed E-state index contributed by atoms with van der Waals surface area (Å²) in [6.45, 7) is 4.07. The zero-order valence-electron chi connectivity index (χ0n) is 8.74. The fraction of sp³-hybridized carbons (Fsp3) is 0.167. The normalized spacial score (nSPS) is 10.3. The van der Waals surface area contributed by atoms with Crippen LogP contribution in [0.4, 0.5) is 0 Å². The zero-order valence-corrected chi connectivity index (χ0v) is 8.74. The quantitative estimate of drug-likeness (QED) is 0.765. The maximum absolute atomic E-state index is 11.1. The van der Waals surface area contributed by atoms with E-state index < -0.39 is 0 Å². The van der Waals surface area contributed by atoms with Gasteiger partial charge in [0.05, 0.1) is 18.1 Å². The molecule has 15 heavy (non-hydrogen) atoms. The van der Waals surface area contributed by atoms with E-state index in [1.165, 1.54) is 11.8 Å². The van der Waals surface area contributed by atoms with Crippen molar-refractivity contribution in [3.63, 3.8) is 0 Å². The van der Waals surface area contributed by atoms with Gasteiger partial charge in [0.15, 0.2) is 0 Å². The van der Waals surface area contributed by atoms with Crippen molar-refractivity contribution < 1.29 is 0 Å². The van der Waals surface area contributed by atoms with Gasteiger partial charge in [-0.25, -0.2) is 0 Å². The Morgan fingerprint density at radius 1 is 1.20 bits per heavy atom. The summed E-state index contributed by atoms with van der Waals surface area (Å²) in [6, 6.07) is 6.10. The lowest BCUT2D eigenvalue weighted by Gasteiger charge is -2.05. The highest BCUT2D eigenvalue weighted by molar-refractivity contribution is 5.62. The number of hydrogen-bond acceptors (Lipinski definition) is 2. The topological polar surface area (TPSA) is 45.8 Å². The molecule has 0 aliphatic heterocycles. The molecule has 1 N–H and O–H groups in total. The van der Waals surface area contributed by atoms with E-state index in [0.717, 1.165) is 16.8 Å². The molecule has 0 unspecified atom stereocenters. The predicted molar refractivity (Wildman–Crippen MR) is 59.8 cm³/mol. The van der Waals surface area contributed by atoms with Crippen LogP contribution in [-0.4, -0.2) is 9.97 Å². The number of H-pyrrole nitrogens is 1. The van der Waals surface area contributed by atoms with Gasteiger partial charge in [-0.15, -0.1) is 0 Å². The highest BCUT2D eigenvalue weighted by Gasteiger charge is 2.02. The molecule has 0 radical (unpaired) electrons. The SMILES string of the molecule is Cc1ccc(-c2cncc(=O)[nH]2)c(C)c1. The summed E-state index contributed by atoms with van der Waals surface area (Å²) < 4.78 is 0. The van der Waals surface area contributed by atoms with Gasteiger partial charge in [0.2, 0.25) is 0 Å². The lowest BCUT2D eigenvalue weighted by atomic mass is 10.0. The van der Waals surface area contributed by atoms with Crippen molar-refractivity contribution in [2.75, 3.05) is 0 Å². The third kappa shape index (κ3) is 1.96. The van der Waals surface area contributed by atoms with Crippen LogP contribution in [0, 0.1) is 13.8 Å². The van der Waals surface area contributed by atoms with Crippen molar-refractivity contribution in [1.29, 1.82) is 0 Å².